The maximum atomic E-state index is 12.3. The van der Waals surface area contributed by atoms with Gasteiger partial charge >= 0.3 is 0 Å². The van der Waals surface area contributed by atoms with E-state index in [4.69, 9.17) is 0 Å². The Morgan fingerprint density at radius 2 is 1.50 bits per heavy atom. The largest absolute Gasteiger partial charge is 0.289 e. The molecule has 2 rings (SSSR count). The minimum absolute atomic E-state index is 0.0832. The topological polar surface area (TPSA) is 34.1 Å². The zero-order valence-corrected chi connectivity index (χ0v) is 12.3. The molecule has 20 heavy (non-hydrogen) atoms. The molecule has 0 bridgehead atoms. The Labute approximate surface area is 120 Å². The van der Waals surface area contributed by atoms with Crippen LogP contribution < -0.4 is 0 Å². The molecule has 1 aliphatic carbocycles. The number of Topliss-reactive ketones (excluding diaryl/α,β-unsaturated/α-hetero) is 2. The van der Waals surface area contributed by atoms with Crippen LogP contribution in [0.4, 0.5) is 0 Å². The van der Waals surface area contributed by atoms with Crippen molar-refractivity contribution >= 4 is 11.6 Å². The highest BCUT2D eigenvalue weighted by molar-refractivity contribution is 6.31. The first-order valence-electron chi connectivity index (χ1n) is 6.92. The molecule has 0 N–H and O–H groups in total. The van der Waals surface area contributed by atoms with Gasteiger partial charge in [0.2, 0.25) is 0 Å². The average Bonchev–Trinajstić information content (AvgIpc) is 2.50. The third-order valence-electron chi connectivity index (χ3n) is 2.89. The van der Waals surface area contributed by atoms with Gasteiger partial charge in [-0.2, -0.15) is 0 Å². The molecule has 1 aromatic carbocycles. The summed E-state index contributed by atoms with van der Waals surface area (Å²) in [6.45, 7) is 9.54. The first-order valence-corrected chi connectivity index (χ1v) is 6.92. The van der Waals surface area contributed by atoms with Crippen molar-refractivity contribution in [3.63, 3.8) is 0 Å². The lowest BCUT2D eigenvalue weighted by molar-refractivity contribution is 0.0972. The third kappa shape index (κ3) is 2.85. The van der Waals surface area contributed by atoms with E-state index < -0.39 is 0 Å². The summed E-state index contributed by atoms with van der Waals surface area (Å²) in [6, 6.07) is 6.93. The van der Waals surface area contributed by atoms with Crippen LogP contribution >= 0.6 is 0 Å². The van der Waals surface area contributed by atoms with E-state index in [0.717, 1.165) is 0 Å². The van der Waals surface area contributed by atoms with Crippen LogP contribution in [0, 0.1) is 0 Å². The third-order valence-corrected chi connectivity index (χ3v) is 2.89. The lowest BCUT2D eigenvalue weighted by atomic mass is 9.81. The number of rotatable bonds is 2. The Morgan fingerprint density at radius 3 is 1.95 bits per heavy atom. The van der Waals surface area contributed by atoms with E-state index in [-0.39, 0.29) is 11.6 Å². The zero-order chi connectivity index (χ0) is 15.1. The van der Waals surface area contributed by atoms with Gasteiger partial charge in [-0.05, 0) is 6.42 Å². The van der Waals surface area contributed by atoms with Crippen molar-refractivity contribution in [3.8, 4) is 0 Å². The van der Waals surface area contributed by atoms with E-state index in [1.54, 1.807) is 36.4 Å². The van der Waals surface area contributed by atoms with E-state index in [1.807, 2.05) is 20.8 Å². The van der Waals surface area contributed by atoms with Gasteiger partial charge in [-0.15, -0.1) is 0 Å². The minimum Gasteiger partial charge on any atom is -0.289 e. The van der Waals surface area contributed by atoms with Crippen LogP contribution in [0.2, 0.25) is 0 Å². The van der Waals surface area contributed by atoms with Crippen molar-refractivity contribution in [1.29, 1.82) is 0 Å². The van der Waals surface area contributed by atoms with Gasteiger partial charge in [0.1, 0.15) is 0 Å². The molecule has 0 amide bonds. The van der Waals surface area contributed by atoms with Crippen LogP contribution in [-0.4, -0.2) is 11.6 Å². The molecule has 0 aromatic heterocycles. The van der Waals surface area contributed by atoms with Crippen molar-refractivity contribution in [3.05, 3.63) is 71.3 Å². The maximum Gasteiger partial charge on any atom is 0.194 e. The number of carbonyl (C=O) groups excluding carboxylic acids is 2. The SMILES string of the molecule is C=C/C=C1/C(=O)c2ccccc2C(=O)/C1=C/CC.CC. The summed E-state index contributed by atoms with van der Waals surface area (Å²) >= 11 is 0. The molecular weight excluding hydrogens is 248 g/mol. The molecule has 1 aliphatic rings. The summed E-state index contributed by atoms with van der Waals surface area (Å²) in [5.74, 6) is -0.190. The summed E-state index contributed by atoms with van der Waals surface area (Å²) in [5.41, 5.74) is 1.89. The van der Waals surface area contributed by atoms with Gasteiger partial charge in [-0.1, -0.05) is 69.8 Å². The molecule has 104 valence electrons. The van der Waals surface area contributed by atoms with Gasteiger partial charge in [-0.25, -0.2) is 0 Å². The molecule has 2 heteroatoms. The fourth-order valence-electron chi connectivity index (χ4n) is 2.10. The van der Waals surface area contributed by atoms with Crippen molar-refractivity contribution < 1.29 is 9.59 Å². The van der Waals surface area contributed by atoms with Gasteiger partial charge in [0.25, 0.3) is 0 Å². The predicted molar refractivity (Wildman–Crippen MR) is 83.1 cm³/mol. The first-order chi connectivity index (χ1) is 9.70. The standard InChI is InChI=1S/C16H14O2.C2H6/c1-3-7-11-12(8-4-2)16(18)14-10-6-5-9-13(14)15(11)17;1-2/h3,5-10H,1,4H2,2H3;1-2H3/b11-7+,12-8+;. The lowest BCUT2D eigenvalue weighted by Crippen LogP contribution is -2.22. The molecule has 0 aliphatic heterocycles. The monoisotopic (exact) mass is 268 g/mol. The summed E-state index contributed by atoms with van der Waals surface area (Å²) in [7, 11) is 0. The molecule has 0 heterocycles. The Bertz CT molecular complexity index is 589. The normalized spacial score (nSPS) is 17.6. The second-order valence-corrected chi connectivity index (χ2v) is 4.05. The van der Waals surface area contributed by atoms with Gasteiger partial charge < -0.3 is 0 Å². The molecule has 0 atom stereocenters. The Kier molecular flexibility index (Phi) is 5.85. The zero-order valence-electron chi connectivity index (χ0n) is 12.3. The highest BCUT2D eigenvalue weighted by Crippen LogP contribution is 2.29. The molecule has 0 saturated carbocycles. The van der Waals surface area contributed by atoms with E-state index in [2.05, 4.69) is 6.58 Å². The van der Waals surface area contributed by atoms with Crippen molar-refractivity contribution in [2.24, 2.45) is 0 Å². The number of hydrogen-bond acceptors (Lipinski definition) is 2. The van der Waals surface area contributed by atoms with Gasteiger partial charge in [-0.3, -0.25) is 9.59 Å². The number of hydrogen-bond donors (Lipinski definition) is 0. The van der Waals surface area contributed by atoms with E-state index >= 15 is 0 Å². The molecule has 0 radical (unpaired) electrons. The number of carbonyl (C=O) groups is 2. The van der Waals surface area contributed by atoms with Gasteiger partial charge in [0.15, 0.2) is 11.6 Å². The molecular formula is C18H20O2. The molecule has 0 saturated heterocycles. The Morgan fingerprint density at radius 1 is 1.00 bits per heavy atom. The minimum atomic E-state index is -0.107. The fraction of sp³-hybridized carbons (Fsp3) is 0.222. The Balaban J connectivity index is 0.000000956. The van der Waals surface area contributed by atoms with Crippen molar-refractivity contribution in [1.82, 2.24) is 0 Å². The second-order valence-electron chi connectivity index (χ2n) is 4.05. The number of ketones is 2. The van der Waals surface area contributed by atoms with E-state index in [1.165, 1.54) is 6.08 Å². The van der Waals surface area contributed by atoms with Crippen molar-refractivity contribution in [2.75, 3.05) is 0 Å². The van der Waals surface area contributed by atoms with Crippen LogP contribution in [0.3, 0.4) is 0 Å². The highest BCUT2D eigenvalue weighted by Gasteiger charge is 2.31. The molecule has 0 unspecified atom stereocenters. The summed E-state index contributed by atoms with van der Waals surface area (Å²) in [4.78, 5) is 24.7. The lowest BCUT2D eigenvalue weighted by Gasteiger charge is -2.19. The summed E-state index contributed by atoms with van der Waals surface area (Å²) < 4.78 is 0. The van der Waals surface area contributed by atoms with Crippen molar-refractivity contribution in [2.45, 2.75) is 27.2 Å². The second kappa shape index (κ2) is 7.39. The number of fused-ring (bicyclic) bond motifs is 1. The van der Waals surface area contributed by atoms with Gasteiger partial charge in [0.05, 0.1) is 0 Å². The van der Waals surface area contributed by atoms with Crippen LogP contribution in [0.5, 0.6) is 0 Å². The molecule has 0 spiro atoms. The van der Waals surface area contributed by atoms with E-state index in [0.29, 0.717) is 28.7 Å². The fourth-order valence-corrected chi connectivity index (χ4v) is 2.10. The smallest absolute Gasteiger partial charge is 0.194 e. The van der Waals surface area contributed by atoms with Crippen LogP contribution in [-0.2, 0) is 0 Å². The number of benzene rings is 1. The Hall–Kier alpha value is -2.22. The average molecular weight is 268 g/mol. The van der Waals surface area contributed by atoms with Crippen LogP contribution in [0.15, 0.2) is 60.2 Å². The summed E-state index contributed by atoms with van der Waals surface area (Å²) in [6.07, 6.45) is 5.66. The predicted octanol–water partition coefficient (Wildman–Crippen LogP) is 4.54. The highest BCUT2D eigenvalue weighted by atomic mass is 16.1. The van der Waals surface area contributed by atoms with Gasteiger partial charge in [0, 0.05) is 22.3 Å². The van der Waals surface area contributed by atoms with E-state index in [9.17, 15) is 9.59 Å². The quantitative estimate of drug-likeness (QED) is 0.738. The molecule has 1 aromatic rings. The van der Waals surface area contributed by atoms with Crippen LogP contribution in [0.25, 0.3) is 0 Å². The molecule has 0 fully saturated rings. The first kappa shape index (κ1) is 15.8. The maximum absolute atomic E-state index is 12.3. The molecule has 2 nitrogen and oxygen atoms in total. The van der Waals surface area contributed by atoms with Crippen LogP contribution in [0.1, 0.15) is 47.9 Å². The number of allylic oxidation sites excluding steroid dienone is 5. The summed E-state index contributed by atoms with van der Waals surface area (Å²) in [5, 5.41) is 0.